The Kier molecular flexibility index (Phi) is 24.2. The second-order valence-corrected chi connectivity index (χ2v) is 17.3. The molecule has 5 rings (SSSR count). The van der Waals surface area contributed by atoms with E-state index in [4.69, 9.17) is 18.9 Å². The number of nitrogens with zero attached hydrogens (tertiary/aromatic N) is 5. The van der Waals surface area contributed by atoms with Crippen LogP contribution in [0.5, 0.6) is 23.0 Å². The zero-order chi connectivity index (χ0) is 49.6. The molecule has 5 aromatic rings. The van der Waals surface area contributed by atoms with Crippen LogP contribution in [0.3, 0.4) is 0 Å². The Morgan fingerprint density at radius 1 is 0.443 bits per heavy atom. The molecule has 0 aliphatic rings. The number of benzene rings is 5. The van der Waals surface area contributed by atoms with Gasteiger partial charge in [0.25, 0.3) is 0 Å². The second-order valence-electron chi connectivity index (χ2n) is 17.3. The SMILES string of the molecule is CCCCCCCCCCCCOc1ccc(N=Nc2ccc(C(=O)Oc3ccc(C#N)c(OC(=O)c4ccc(N=Nc5ccc(OCCCCCCCCCCCC)c(F)c5)cc4)c3)cc2)cc1F. The molecule has 13 heteroatoms. The number of nitriles is 1. The number of ether oxygens (including phenoxy) is 4. The molecule has 0 bridgehead atoms. The number of hydrogen-bond acceptors (Lipinski definition) is 11. The summed E-state index contributed by atoms with van der Waals surface area (Å²) in [6.45, 7) is 5.36. The molecule has 0 N–H and O–H groups in total. The van der Waals surface area contributed by atoms with Crippen LogP contribution in [-0.4, -0.2) is 25.2 Å². The summed E-state index contributed by atoms with van der Waals surface area (Å²) in [5.74, 6) is -2.25. The Labute approximate surface area is 412 Å². The summed E-state index contributed by atoms with van der Waals surface area (Å²) >= 11 is 0. The van der Waals surface area contributed by atoms with E-state index in [0.717, 1.165) is 38.5 Å². The van der Waals surface area contributed by atoms with Crippen LogP contribution in [0.15, 0.2) is 124 Å². The van der Waals surface area contributed by atoms with Crippen LogP contribution < -0.4 is 18.9 Å². The topological polar surface area (TPSA) is 144 Å². The minimum atomic E-state index is -0.768. The highest BCUT2D eigenvalue weighted by molar-refractivity contribution is 5.92. The molecule has 0 aliphatic carbocycles. The average Bonchev–Trinajstić information content (AvgIpc) is 3.37. The highest BCUT2D eigenvalue weighted by atomic mass is 19.1. The van der Waals surface area contributed by atoms with Crippen molar-refractivity contribution in [3.63, 3.8) is 0 Å². The first-order chi connectivity index (χ1) is 34.3. The average molecular weight is 956 g/mol. The lowest BCUT2D eigenvalue weighted by Crippen LogP contribution is -2.11. The highest BCUT2D eigenvalue weighted by Gasteiger charge is 2.16. The van der Waals surface area contributed by atoms with Crippen LogP contribution in [0.2, 0.25) is 0 Å². The Morgan fingerprint density at radius 2 is 0.814 bits per heavy atom. The Bertz CT molecular complexity index is 2470. The number of esters is 2. The predicted octanol–water partition coefficient (Wildman–Crippen LogP) is 17.7. The zero-order valence-electron chi connectivity index (χ0n) is 40.8. The van der Waals surface area contributed by atoms with Gasteiger partial charge in [0.1, 0.15) is 11.8 Å². The van der Waals surface area contributed by atoms with E-state index in [1.165, 1.54) is 144 Å². The number of halogens is 2. The summed E-state index contributed by atoms with van der Waals surface area (Å²) in [5.41, 5.74) is 1.82. The summed E-state index contributed by atoms with van der Waals surface area (Å²) in [6.07, 6.45) is 24.2. The van der Waals surface area contributed by atoms with Crippen LogP contribution in [0.25, 0.3) is 0 Å². The van der Waals surface area contributed by atoms with Crippen LogP contribution in [0.1, 0.15) is 169 Å². The molecule has 5 aromatic carbocycles. The van der Waals surface area contributed by atoms with Crippen LogP contribution >= 0.6 is 0 Å². The lowest BCUT2D eigenvalue weighted by atomic mass is 10.1. The molecule has 0 saturated heterocycles. The molecule has 0 aliphatic heterocycles. The first-order valence-electron chi connectivity index (χ1n) is 25.1. The number of unbranched alkanes of at least 4 members (excludes halogenated alkanes) is 18. The molecule has 0 saturated carbocycles. The molecule has 0 fully saturated rings. The molecule has 0 radical (unpaired) electrons. The fraction of sp³-hybridized carbons (Fsp3) is 0.421. The summed E-state index contributed by atoms with van der Waals surface area (Å²) < 4.78 is 51.9. The van der Waals surface area contributed by atoms with Crippen molar-refractivity contribution < 1.29 is 37.3 Å². The van der Waals surface area contributed by atoms with E-state index in [0.29, 0.717) is 36.0 Å². The van der Waals surface area contributed by atoms with Gasteiger partial charge >= 0.3 is 11.9 Å². The van der Waals surface area contributed by atoms with E-state index >= 15 is 0 Å². The molecule has 0 unspecified atom stereocenters. The maximum absolute atomic E-state index is 14.7. The first kappa shape index (κ1) is 54.1. The normalized spacial score (nSPS) is 11.2. The summed E-state index contributed by atoms with van der Waals surface area (Å²) in [5, 5.41) is 26.3. The Morgan fingerprint density at radius 3 is 1.21 bits per heavy atom. The third-order valence-corrected chi connectivity index (χ3v) is 11.6. The molecule has 0 spiro atoms. The van der Waals surface area contributed by atoms with Gasteiger partial charge in [-0.2, -0.15) is 25.7 Å². The maximum atomic E-state index is 14.7. The molecule has 370 valence electrons. The van der Waals surface area contributed by atoms with E-state index < -0.39 is 23.6 Å². The van der Waals surface area contributed by atoms with Gasteiger partial charge in [-0.3, -0.25) is 0 Å². The van der Waals surface area contributed by atoms with Gasteiger partial charge in [-0.1, -0.05) is 129 Å². The summed E-state index contributed by atoms with van der Waals surface area (Å²) in [7, 11) is 0. The van der Waals surface area contributed by atoms with Gasteiger partial charge in [0, 0.05) is 18.2 Å². The number of carbonyl (C=O) groups excluding carboxylic acids is 2. The fourth-order valence-corrected chi connectivity index (χ4v) is 7.51. The van der Waals surface area contributed by atoms with Crippen molar-refractivity contribution in [2.45, 2.75) is 142 Å². The van der Waals surface area contributed by atoms with E-state index in [1.54, 1.807) is 48.5 Å². The van der Waals surface area contributed by atoms with E-state index in [1.807, 2.05) is 6.07 Å². The van der Waals surface area contributed by atoms with Gasteiger partial charge in [-0.15, -0.1) is 0 Å². The molecule has 0 heterocycles. The molecule has 0 amide bonds. The van der Waals surface area contributed by atoms with E-state index in [-0.39, 0.29) is 39.7 Å². The number of hydrogen-bond donors (Lipinski definition) is 0. The van der Waals surface area contributed by atoms with Gasteiger partial charge in [0.15, 0.2) is 28.9 Å². The van der Waals surface area contributed by atoms with Gasteiger partial charge in [0.05, 0.1) is 52.7 Å². The van der Waals surface area contributed by atoms with Gasteiger partial charge < -0.3 is 18.9 Å². The Hall–Kier alpha value is -6.81. The van der Waals surface area contributed by atoms with Gasteiger partial charge in [-0.05, 0) is 97.8 Å². The van der Waals surface area contributed by atoms with Crippen molar-refractivity contribution in [1.82, 2.24) is 0 Å². The van der Waals surface area contributed by atoms with Crippen molar-refractivity contribution in [2.24, 2.45) is 20.5 Å². The Balaban J connectivity index is 1.03. The van der Waals surface area contributed by atoms with Crippen molar-refractivity contribution >= 4 is 34.7 Å². The zero-order valence-corrected chi connectivity index (χ0v) is 40.8. The van der Waals surface area contributed by atoms with Gasteiger partial charge in [0.2, 0.25) is 0 Å². The number of azo groups is 2. The third-order valence-electron chi connectivity index (χ3n) is 11.6. The second kappa shape index (κ2) is 31.3. The van der Waals surface area contributed by atoms with Crippen molar-refractivity contribution in [3.8, 4) is 29.1 Å². The molecule has 0 aromatic heterocycles. The number of rotatable bonds is 32. The predicted molar refractivity (Wildman–Crippen MR) is 270 cm³/mol. The molecule has 70 heavy (non-hydrogen) atoms. The molecule has 11 nitrogen and oxygen atoms in total. The highest BCUT2D eigenvalue weighted by Crippen LogP contribution is 2.30. The lowest BCUT2D eigenvalue weighted by Gasteiger charge is -2.09. The van der Waals surface area contributed by atoms with Crippen LogP contribution in [0, 0.1) is 23.0 Å². The standard InChI is InChI=1S/C57H67F2N5O6/c1-3-5-7-9-11-13-15-17-19-21-37-67-53-35-32-48(39-51(53)58)63-61-46-28-23-43(24-29-46)56(65)69-50-34-27-45(42-60)55(41-50)70-57(66)44-25-30-47(31-26-44)62-64-49-33-36-54(52(59)40-49)68-38-22-20-18-16-14-12-10-8-6-4-2/h23-36,39-41H,3-22,37-38H2,1-2H3. The molecular formula is C57H67F2N5O6. The number of carbonyl (C=O) groups is 2. The fourth-order valence-electron chi connectivity index (χ4n) is 7.51. The van der Waals surface area contributed by atoms with Gasteiger partial charge in [-0.25, -0.2) is 18.4 Å². The quantitative estimate of drug-likeness (QED) is 0.0181. The minimum absolute atomic E-state index is 0.0365. The minimum Gasteiger partial charge on any atom is -0.491 e. The van der Waals surface area contributed by atoms with Crippen molar-refractivity contribution in [1.29, 1.82) is 5.26 Å². The van der Waals surface area contributed by atoms with Crippen LogP contribution in [-0.2, 0) is 0 Å². The van der Waals surface area contributed by atoms with E-state index in [2.05, 4.69) is 34.3 Å². The molecule has 0 atom stereocenters. The maximum Gasteiger partial charge on any atom is 0.343 e. The monoisotopic (exact) mass is 956 g/mol. The van der Waals surface area contributed by atoms with Crippen molar-refractivity contribution in [2.75, 3.05) is 13.2 Å². The van der Waals surface area contributed by atoms with E-state index in [9.17, 15) is 23.6 Å². The largest absolute Gasteiger partial charge is 0.491 e. The molecular weight excluding hydrogens is 889 g/mol. The van der Waals surface area contributed by atoms with Crippen LogP contribution in [0.4, 0.5) is 31.5 Å². The first-order valence-corrected chi connectivity index (χ1v) is 25.1. The summed E-state index contributed by atoms with van der Waals surface area (Å²) in [4.78, 5) is 26.2. The smallest absolute Gasteiger partial charge is 0.343 e. The third kappa shape index (κ3) is 19.7. The summed E-state index contributed by atoms with van der Waals surface area (Å²) in [6, 6.07) is 27.1. The van der Waals surface area contributed by atoms with Crippen molar-refractivity contribution in [3.05, 3.63) is 131 Å². The lowest BCUT2D eigenvalue weighted by molar-refractivity contribution is 0.0732.